The summed E-state index contributed by atoms with van der Waals surface area (Å²) in [5.41, 5.74) is 6.12. The Morgan fingerprint density at radius 2 is 1.05 bits per heavy atom. The molecule has 0 bridgehead atoms. The van der Waals surface area contributed by atoms with Gasteiger partial charge in [-0.05, 0) is 93.6 Å². The second kappa shape index (κ2) is 13.6. The van der Waals surface area contributed by atoms with Crippen LogP contribution in [0.3, 0.4) is 0 Å². The minimum atomic E-state index is -1.05. The summed E-state index contributed by atoms with van der Waals surface area (Å²) >= 11 is 12.0. The third kappa shape index (κ3) is 7.60. The van der Waals surface area contributed by atoms with E-state index in [0.717, 1.165) is 39.0 Å². The molecule has 0 aliphatic heterocycles. The maximum Gasteiger partial charge on any atom is 0.341 e. The Morgan fingerprint density at radius 3 is 1.47 bits per heavy atom. The van der Waals surface area contributed by atoms with E-state index in [2.05, 4.69) is 0 Å². The zero-order valence-corrected chi connectivity index (χ0v) is 24.1. The van der Waals surface area contributed by atoms with E-state index in [1.807, 2.05) is 54.6 Å². The molecule has 0 heterocycles. The summed E-state index contributed by atoms with van der Waals surface area (Å²) in [7, 11) is 0. The number of aliphatic carboxylic acids is 1. The normalized spacial score (nSPS) is 10.7. The second-order valence-electron chi connectivity index (χ2n) is 9.50. The summed E-state index contributed by atoms with van der Waals surface area (Å²) in [5.74, 6) is -0.981. The van der Waals surface area contributed by atoms with Gasteiger partial charge in [0.1, 0.15) is 29.7 Å². The van der Waals surface area contributed by atoms with Crippen molar-refractivity contribution in [2.75, 3.05) is 13.2 Å². The summed E-state index contributed by atoms with van der Waals surface area (Å²) in [5, 5.41) is 8.90. The highest BCUT2D eigenvalue weighted by Crippen LogP contribution is 2.31. The average molecular weight is 617 g/mol. The van der Waals surface area contributed by atoms with Crippen LogP contribution in [0.2, 0.25) is 10.0 Å². The highest BCUT2D eigenvalue weighted by molar-refractivity contribution is 6.31. The lowest BCUT2D eigenvalue weighted by molar-refractivity contribution is -0.139. The molecule has 216 valence electrons. The van der Waals surface area contributed by atoms with Crippen molar-refractivity contribution in [3.05, 3.63) is 148 Å². The Balaban J connectivity index is 1.41. The molecule has 0 amide bonds. The molecular weight excluding hydrogens is 593 g/mol. The summed E-state index contributed by atoms with van der Waals surface area (Å²) in [6.07, 6.45) is 1.96. The molecule has 5 rings (SSSR count). The van der Waals surface area contributed by atoms with Crippen molar-refractivity contribution in [3.63, 3.8) is 0 Å². The molecule has 0 atom stereocenters. The lowest BCUT2D eigenvalue weighted by atomic mass is 9.94. The number of carboxylic acid groups (broad SMARTS) is 1. The number of halogens is 4. The lowest BCUT2D eigenvalue weighted by Crippen LogP contribution is -2.09. The van der Waals surface area contributed by atoms with Crippen molar-refractivity contribution < 1.29 is 28.2 Å². The van der Waals surface area contributed by atoms with Crippen LogP contribution in [0.4, 0.5) is 8.78 Å². The third-order valence-electron chi connectivity index (χ3n) is 6.62. The Bertz CT molecular complexity index is 1670. The zero-order valence-electron chi connectivity index (χ0n) is 22.6. The van der Waals surface area contributed by atoms with Crippen molar-refractivity contribution >= 4 is 34.7 Å². The molecule has 0 fully saturated rings. The fourth-order valence-electron chi connectivity index (χ4n) is 4.44. The molecule has 0 aromatic heterocycles. The SMILES string of the molecule is O=C(O)COc1ccc(OCC=C(c2ccc(-c3ccc(F)c(Cl)c3)cc2)c2ccc(-c3ccc(F)c(Cl)c3)cc2)cc1. The highest BCUT2D eigenvalue weighted by Gasteiger charge is 2.10. The van der Waals surface area contributed by atoms with Crippen molar-refractivity contribution in [2.45, 2.75) is 0 Å². The quantitative estimate of drug-likeness (QED) is 0.170. The number of rotatable bonds is 10. The van der Waals surface area contributed by atoms with E-state index < -0.39 is 24.2 Å². The Hall–Kier alpha value is -4.65. The van der Waals surface area contributed by atoms with Crippen LogP contribution in [0.25, 0.3) is 27.8 Å². The van der Waals surface area contributed by atoms with E-state index in [9.17, 15) is 13.6 Å². The molecule has 0 unspecified atom stereocenters. The van der Waals surface area contributed by atoms with E-state index in [0.29, 0.717) is 11.5 Å². The Kier molecular flexibility index (Phi) is 9.40. The molecule has 4 nitrogen and oxygen atoms in total. The maximum atomic E-state index is 13.7. The van der Waals surface area contributed by atoms with Crippen molar-refractivity contribution in [1.29, 1.82) is 0 Å². The molecule has 1 N–H and O–H groups in total. The van der Waals surface area contributed by atoms with E-state index in [1.165, 1.54) is 12.1 Å². The molecule has 0 aliphatic carbocycles. The minimum Gasteiger partial charge on any atom is -0.490 e. The highest BCUT2D eigenvalue weighted by atomic mass is 35.5. The molecule has 43 heavy (non-hydrogen) atoms. The number of carboxylic acids is 1. The van der Waals surface area contributed by atoms with Gasteiger partial charge in [0.2, 0.25) is 0 Å². The molecule has 8 heteroatoms. The first-order valence-corrected chi connectivity index (χ1v) is 13.9. The average Bonchev–Trinajstić information content (AvgIpc) is 3.02. The van der Waals surface area contributed by atoms with Gasteiger partial charge >= 0.3 is 5.97 Å². The monoisotopic (exact) mass is 616 g/mol. The third-order valence-corrected chi connectivity index (χ3v) is 7.20. The molecule has 0 spiro atoms. The standard InChI is InChI=1S/C35H24Cl2F2O4/c36-31-19-26(9-15-33(31)38)22-1-5-24(6-2-22)30(17-18-42-28-11-13-29(14-12-28)43-21-35(40)41)25-7-3-23(4-8-25)27-10-16-34(39)32(37)20-27/h1-17,19-20H,18,21H2,(H,40,41). The Morgan fingerprint density at radius 1 is 0.628 bits per heavy atom. The van der Waals surface area contributed by atoms with Gasteiger partial charge < -0.3 is 14.6 Å². The lowest BCUT2D eigenvalue weighted by Gasteiger charge is -2.13. The van der Waals surface area contributed by atoms with E-state index >= 15 is 0 Å². The first-order chi connectivity index (χ1) is 20.8. The molecule has 0 saturated carbocycles. The van der Waals surface area contributed by atoms with Crippen molar-refractivity contribution in [2.24, 2.45) is 0 Å². The van der Waals surface area contributed by atoms with Gasteiger partial charge in [-0.3, -0.25) is 0 Å². The summed E-state index contributed by atoms with van der Waals surface area (Å²) < 4.78 is 38.5. The zero-order chi connectivity index (χ0) is 30.3. The summed E-state index contributed by atoms with van der Waals surface area (Å²) in [6, 6.07) is 31.6. The maximum absolute atomic E-state index is 13.7. The van der Waals surface area contributed by atoms with Gasteiger partial charge in [0, 0.05) is 0 Å². The van der Waals surface area contributed by atoms with E-state index in [4.69, 9.17) is 37.8 Å². The van der Waals surface area contributed by atoms with Gasteiger partial charge in [0.05, 0.1) is 10.0 Å². The van der Waals surface area contributed by atoms with Gasteiger partial charge in [0.15, 0.2) is 6.61 Å². The molecule has 5 aromatic rings. The van der Waals surface area contributed by atoms with Crippen molar-refractivity contribution in [3.8, 4) is 33.8 Å². The van der Waals surface area contributed by atoms with Gasteiger partial charge in [-0.15, -0.1) is 0 Å². The van der Waals surface area contributed by atoms with Crippen LogP contribution in [0, 0.1) is 11.6 Å². The van der Waals surface area contributed by atoms with Crippen LogP contribution in [0.5, 0.6) is 11.5 Å². The van der Waals surface area contributed by atoms with Crippen LogP contribution in [0.15, 0.2) is 115 Å². The van der Waals surface area contributed by atoms with Gasteiger partial charge in [-0.1, -0.05) is 83.9 Å². The van der Waals surface area contributed by atoms with E-state index in [-0.39, 0.29) is 16.7 Å². The predicted octanol–water partition coefficient (Wildman–Crippen LogP) is 9.58. The Labute approximate surface area is 257 Å². The van der Waals surface area contributed by atoms with Crippen molar-refractivity contribution in [1.82, 2.24) is 0 Å². The summed E-state index contributed by atoms with van der Waals surface area (Å²) in [6.45, 7) is -0.179. The molecule has 0 aliphatic rings. The van der Waals surface area contributed by atoms with Crippen LogP contribution in [-0.2, 0) is 4.79 Å². The van der Waals surface area contributed by atoms with Crippen LogP contribution < -0.4 is 9.47 Å². The first kappa shape index (κ1) is 29.8. The number of hydrogen-bond donors (Lipinski definition) is 1. The second-order valence-corrected chi connectivity index (χ2v) is 10.3. The largest absolute Gasteiger partial charge is 0.490 e. The van der Waals surface area contributed by atoms with Gasteiger partial charge in [-0.2, -0.15) is 0 Å². The van der Waals surface area contributed by atoms with Gasteiger partial charge in [-0.25, -0.2) is 13.6 Å². The first-order valence-electron chi connectivity index (χ1n) is 13.2. The topological polar surface area (TPSA) is 55.8 Å². The van der Waals surface area contributed by atoms with Crippen LogP contribution >= 0.6 is 23.2 Å². The van der Waals surface area contributed by atoms with Crippen LogP contribution in [-0.4, -0.2) is 24.3 Å². The molecule has 0 radical (unpaired) electrons. The smallest absolute Gasteiger partial charge is 0.341 e. The number of carbonyl (C=O) groups is 1. The predicted molar refractivity (Wildman–Crippen MR) is 166 cm³/mol. The van der Waals surface area contributed by atoms with Crippen LogP contribution in [0.1, 0.15) is 11.1 Å². The molecule has 0 saturated heterocycles. The van der Waals surface area contributed by atoms with Gasteiger partial charge in [0.25, 0.3) is 0 Å². The number of hydrogen-bond acceptors (Lipinski definition) is 3. The fourth-order valence-corrected chi connectivity index (χ4v) is 4.80. The summed E-state index contributed by atoms with van der Waals surface area (Å²) in [4.78, 5) is 10.7. The molecule has 5 aromatic carbocycles. The number of benzene rings is 5. The molecular formula is C35H24Cl2F2O4. The number of ether oxygens (including phenoxy) is 2. The van der Waals surface area contributed by atoms with E-state index in [1.54, 1.807) is 48.5 Å². The minimum absolute atomic E-state index is 0.0586. The fraction of sp³-hybridized carbons (Fsp3) is 0.0571.